The Morgan fingerprint density at radius 1 is 1.16 bits per heavy atom. The topological polar surface area (TPSA) is 77.8 Å². The molecule has 0 bridgehead atoms. The van der Waals surface area contributed by atoms with Gasteiger partial charge in [-0.05, 0) is 32.6 Å². The predicted molar refractivity (Wildman–Crippen MR) is 69.6 cm³/mol. The van der Waals surface area contributed by atoms with Crippen LogP contribution < -0.4 is 0 Å². The molecule has 108 valence electrons. The molecule has 0 radical (unpaired) electrons. The molecule has 5 heteroatoms. The summed E-state index contributed by atoms with van der Waals surface area (Å²) in [6, 6.07) is 0. The van der Waals surface area contributed by atoms with E-state index in [-0.39, 0.29) is 12.3 Å². The molecule has 0 aromatic carbocycles. The summed E-state index contributed by atoms with van der Waals surface area (Å²) in [4.78, 5) is 25.4. The van der Waals surface area contributed by atoms with Crippen molar-refractivity contribution in [2.24, 2.45) is 5.41 Å². The van der Waals surface area contributed by atoms with Crippen molar-refractivity contribution in [3.8, 4) is 0 Å². The molecule has 1 amide bonds. The van der Waals surface area contributed by atoms with Crippen molar-refractivity contribution in [1.29, 1.82) is 0 Å². The molecule has 2 aliphatic rings. The third-order valence-corrected chi connectivity index (χ3v) is 4.53. The second-order valence-corrected chi connectivity index (χ2v) is 6.39. The predicted octanol–water partition coefficient (Wildman–Crippen LogP) is 1.39. The Morgan fingerprint density at radius 3 is 2.32 bits per heavy atom. The van der Waals surface area contributed by atoms with Crippen molar-refractivity contribution in [2.45, 2.75) is 57.5 Å². The minimum absolute atomic E-state index is 0.0818. The van der Waals surface area contributed by atoms with E-state index in [1.165, 1.54) is 0 Å². The van der Waals surface area contributed by atoms with Gasteiger partial charge in [-0.15, -0.1) is 0 Å². The van der Waals surface area contributed by atoms with Gasteiger partial charge in [0, 0.05) is 19.5 Å². The summed E-state index contributed by atoms with van der Waals surface area (Å²) < 4.78 is 0. The van der Waals surface area contributed by atoms with Crippen molar-refractivity contribution in [2.75, 3.05) is 13.1 Å². The number of rotatable bonds is 3. The van der Waals surface area contributed by atoms with Crippen LogP contribution in [0, 0.1) is 5.41 Å². The first kappa shape index (κ1) is 14.3. The van der Waals surface area contributed by atoms with Gasteiger partial charge in [0.05, 0.1) is 11.0 Å². The number of carbonyl (C=O) groups excluding carboxylic acids is 1. The number of carboxylic acids is 1. The fraction of sp³-hybridized carbons (Fsp3) is 0.857. The second kappa shape index (κ2) is 5.12. The zero-order valence-electron chi connectivity index (χ0n) is 11.5. The molecule has 1 unspecified atom stereocenters. The zero-order valence-corrected chi connectivity index (χ0v) is 11.5. The summed E-state index contributed by atoms with van der Waals surface area (Å²) in [7, 11) is 0. The molecule has 2 fully saturated rings. The van der Waals surface area contributed by atoms with Crippen LogP contribution in [0.2, 0.25) is 0 Å². The molecule has 0 spiro atoms. The molecule has 1 heterocycles. The number of piperidine rings is 1. The molecular weight excluding hydrogens is 246 g/mol. The lowest BCUT2D eigenvalue weighted by Gasteiger charge is -2.38. The molecule has 1 saturated carbocycles. The molecule has 1 aliphatic heterocycles. The summed E-state index contributed by atoms with van der Waals surface area (Å²) in [5.41, 5.74) is -1.69. The van der Waals surface area contributed by atoms with E-state index in [9.17, 15) is 19.8 Å². The number of aliphatic hydroxyl groups is 1. The largest absolute Gasteiger partial charge is 0.481 e. The van der Waals surface area contributed by atoms with E-state index in [0.29, 0.717) is 32.4 Å². The van der Waals surface area contributed by atoms with Gasteiger partial charge in [0.2, 0.25) is 5.91 Å². The van der Waals surface area contributed by atoms with Crippen LogP contribution in [0.4, 0.5) is 0 Å². The van der Waals surface area contributed by atoms with Crippen LogP contribution in [-0.4, -0.2) is 45.7 Å². The first-order chi connectivity index (χ1) is 8.85. The van der Waals surface area contributed by atoms with Crippen molar-refractivity contribution in [3.05, 3.63) is 0 Å². The molecule has 1 saturated heterocycles. The highest BCUT2D eigenvalue weighted by molar-refractivity contribution is 5.85. The fourth-order valence-corrected chi connectivity index (χ4v) is 3.35. The van der Waals surface area contributed by atoms with Crippen LogP contribution in [-0.2, 0) is 9.59 Å². The smallest absolute Gasteiger partial charge is 0.310 e. The quantitative estimate of drug-likeness (QED) is 0.811. The number of likely N-dealkylation sites (tertiary alicyclic amines) is 1. The van der Waals surface area contributed by atoms with Crippen LogP contribution in [0.5, 0.6) is 0 Å². The Morgan fingerprint density at radius 2 is 1.79 bits per heavy atom. The summed E-state index contributed by atoms with van der Waals surface area (Å²) in [6.07, 6.45) is 4.52. The van der Waals surface area contributed by atoms with E-state index in [1.807, 2.05) is 0 Å². The Kier molecular flexibility index (Phi) is 3.85. The number of β-amino-alcohol motifs (C(OH)–C–C–N with tert-alkyl or cyclic N) is 1. The van der Waals surface area contributed by atoms with Gasteiger partial charge < -0.3 is 15.1 Å². The van der Waals surface area contributed by atoms with Crippen molar-refractivity contribution >= 4 is 11.9 Å². The number of amides is 1. The first-order valence-corrected chi connectivity index (χ1v) is 7.08. The zero-order chi connectivity index (χ0) is 14.1. The second-order valence-electron chi connectivity index (χ2n) is 6.39. The lowest BCUT2D eigenvalue weighted by Crippen LogP contribution is -2.50. The molecule has 0 aromatic heterocycles. The number of nitrogens with zero attached hydrogens (tertiary/aromatic N) is 1. The van der Waals surface area contributed by atoms with E-state index in [0.717, 1.165) is 19.3 Å². The molecule has 1 aliphatic carbocycles. The highest BCUT2D eigenvalue weighted by Crippen LogP contribution is 2.42. The van der Waals surface area contributed by atoms with Crippen LogP contribution in [0.3, 0.4) is 0 Å². The van der Waals surface area contributed by atoms with E-state index in [2.05, 4.69) is 0 Å². The third-order valence-electron chi connectivity index (χ3n) is 4.53. The maximum atomic E-state index is 12.3. The molecule has 19 heavy (non-hydrogen) atoms. The first-order valence-electron chi connectivity index (χ1n) is 7.08. The number of carboxylic acid groups (broad SMARTS) is 1. The van der Waals surface area contributed by atoms with Crippen LogP contribution in [0.25, 0.3) is 0 Å². The lowest BCUT2D eigenvalue weighted by molar-refractivity contribution is -0.155. The van der Waals surface area contributed by atoms with Crippen LogP contribution >= 0.6 is 0 Å². The van der Waals surface area contributed by atoms with Gasteiger partial charge in [-0.2, -0.15) is 0 Å². The highest BCUT2D eigenvalue weighted by Gasteiger charge is 2.44. The Bertz CT molecular complexity index is 372. The molecule has 2 rings (SSSR count). The molecule has 1 atom stereocenters. The van der Waals surface area contributed by atoms with E-state index in [4.69, 9.17) is 0 Å². The molecular formula is C14H23NO4. The van der Waals surface area contributed by atoms with Gasteiger partial charge in [0.15, 0.2) is 0 Å². The Hall–Kier alpha value is -1.10. The van der Waals surface area contributed by atoms with Gasteiger partial charge in [0.1, 0.15) is 0 Å². The Balaban J connectivity index is 2.02. The number of carbonyl (C=O) groups is 2. The van der Waals surface area contributed by atoms with Gasteiger partial charge in [0.25, 0.3) is 0 Å². The standard InChI is InChI=1S/C14H23NO4/c1-13(19)5-4-8-15(10-13)11(16)9-14(12(17)18)6-2-3-7-14/h19H,2-10H2,1H3,(H,17,18). The van der Waals surface area contributed by atoms with E-state index in [1.54, 1.807) is 11.8 Å². The fourth-order valence-electron chi connectivity index (χ4n) is 3.35. The maximum Gasteiger partial charge on any atom is 0.310 e. The summed E-state index contributed by atoms with van der Waals surface area (Å²) in [5, 5.41) is 19.4. The molecule has 5 nitrogen and oxygen atoms in total. The lowest BCUT2D eigenvalue weighted by atomic mass is 9.82. The number of aliphatic carboxylic acids is 1. The monoisotopic (exact) mass is 269 g/mol. The van der Waals surface area contributed by atoms with Crippen LogP contribution in [0.1, 0.15) is 51.9 Å². The van der Waals surface area contributed by atoms with Crippen LogP contribution in [0.15, 0.2) is 0 Å². The van der Waals surface area contributed by atoms with Crippen molar-refractivity contribution in [1.82, 2.24) is 4.90 Å². The van der Waals surface area contributed by atoms with Gasteiger partial charge in [-0.3, -0.25) is 9.59 Å². The third kappa shape index (κ3) is 3.08. The minimum Gasteiger partial charge on any atom is -0.481 e. The highest BCUT2D eigenvalue weighted by atomic mass is 16.4. The summed E-state index contributed by atoms with van der Waals surface area (Å²) in [5.74, 6) is -0.966. The normalized spacial score (nSPS) is 30.3. The van der Waals surface area contributed by atoms with Crippen molar-refractivity contribution < 1.29 is 19.8 Å². The maximum absolute atomic E-state index is 12.3. The van der Waals surface area contributed by atoms with Gasteiger partial charge >= 0.3 is 5.97 Å². The average Bonchev–Trinajstić information content (AvgIpc) is 2.77. The number of hydrogen-bond donors (Lipinski definition) is 2. The van der Waals surface area contributed by atoms with E-state index >= 15 is 0 Å². The molecule has 0 aromatic rings. The summed E-state index contributed by atoms with van der Waals surface area (Å²) in [6.45, 7) is 2.68. The SMILES string of the molecule is CC1(O)CCCN(C(=O)CC2(C(=O)O)CCCC2)C1. The van der Waals surface area contributed by atoms with Crippen molar-refractivity contribution in [3.63, 3.8) is 0 Å². The van der Waals surface area contributed by atoms with Gasteiger partial charge in [-0.25, -0.2) is 0 Å². The molecule has 2 N–H and O–H groups in total. The van der Waals surface area contributed by atoms with E-state index < -0.39 is 17.0 Å². The minimum atomic E-state index is -0.861. The van der Waals surface area contributed by atoms with Gasteiger partial charge in [-0.1, -0.05) is 12.8 Å². The average molecular weight is 269 g/mol. The summed E-state index contributed by atoms with van der Waals surface area (Å²) >= 11 is 0. The Labute approximate surface area is 113 Å². The number of hydrogen-bond acceptors (Lipinski definition) is 3.